The van der Waals surface area contributed by atoms with Gasteiger partial charge in [0.15, 0.2) is 0 Å². The number of fused-ring (bicyclic) bond motifs is 7. The summed E-state index contributed by atoms with van der Waals surface area (Å²) >= 11 is 6.08. The maximum Gasteiger partial charge on any atom is 0.145 e. The van der Waals surface area contributed by atoms with Crippen LogP contribution in [0.5, 0.6) is 0 Å². The number of rotatable bonds is 0. The van der Waals surface area contributed by atoms with Gasteiger partial charge in [-0.25, -0.2) is 0 Å². The molecule has 0 spiro atoms. The lowest BCUT2D eigenvalue weighted by Crippen LogP contribution is -1.70. The maximum absolute atomic E-state index is 8.45. The van der Waals surface area contributed by atoms with Crippen LogP contribution in [0.25, 0.3) is 43.7 Å². The van der Waals surface area contributed by atoms with Crippen LogP contribution in [-0.2, 0) is 0 Å². The molecule has 0 aliphatic carbocycles. The van der Waals surface area contributed by atoms with E-state index in [4.69, 9.17) is 28.4 Å². The Morgan fingerprint density at radius 3 is 2.71 bits per heavy atom. The van der Waals surface area contributed by atoms with E-state index in [1.165, 1.54) is 0 Å². The Kier molecular flexibility index (Phi) is 1.04. The first-order valence-electron chi connectivity index (χ1n) is 10.6. The smallest absolute Gasteiger partial charge is 0.145 e. The average Bonchev–Trinajstić information content (AvgIpc) is 3.31. The van der Waals surface area contributed by atoms with E-state index in [0.717, 1.165) is 0 Å². The van der Waals surface area contributed by atoms with Crippen LogP contribution in [0.15, 0.2) is 58.8 Å². The third-order valence-corrected chi connectivity index (χ3v) is 3.59. The van der Waals surface area contributed by atoms with Crippen molar-refractivity contribution in [3.8, 4) is 0 Å². The molecule has 0 unspecified atom stereocenters. The molecule has 21 heavy (non-hydrogen) atoms. The van der Waals surface area contributed by atoms with Gasteiger partial charge in [-0.2, -0.15) is 0 Å². The molecule has 0 aliphatic heterocycles. The van der Waals surface area contributed by atoms with E-state index in [0.29, 0.717) is 0 Å². The Bertz CT molecular complexity index is 1600. The summed E-state index contributed by atoms with van der Waals surface area (Å²) in [6.45, 7) is 0. The summed E-state index contributed by atoms with van der Waals surface area (Å²) in [6.07, 6.45) is 0. The third-order valence-electron chi connectivity index (χ3n) is 3.41. The first-order valence-corrected chi connectivity index (χ1v) is 6.48. The highest BCUT2D eigenvalue weighted by atomic mass is 35.5. The van der Waals surface area contributed by atoms with Crippen LogP contribution in [0.4, 0.5) is 0 Å². The fraction of sp³-hybridized carbons (Fsp3) is 0. The normalized spacial score (nSPS) is 18.0. The van der Waals surface area contributed by atoms with Crippen molar-refractivity contribution >= 4 is 55.3 Å². The molecule has 0 bridgehead atoms. The summed E-state index contributed by atoms with van der Waals surface area (Å²) in [6, 6.07) is -3.27. The SMILES string of the molecule is [2H]c1c(Cl)c([2H])c2c([nH]c3c([2H])c([2H])c4c(oc5c([2H])c([2H])c([2H])c([2H])c54)c32)c1[2H]. The highest BCUT2D eigenvalue weighted by molar-refractivity contribution is 6.32. The van der Waals surface area contributed by atoms with Crippen LogP contribution in [0.3, 0.4) is 0 Å². The average molecular weight is 301 g/mol. The number of benzene rings is 3. The molecule has 2 heterocycles. The molecule has 0 fully saturated rings. The number of hydrogen-bond acceptors (Lipinski definition) is 1. The Morgan fingerprint density at radius 2 is 1.76 bits per heavy atom. The molecule has 5 aromatic rings. The van der Waals surface area contributed by atoms with E-state index in [-0.39, 0.29) is 79.0 Å². The molecule has 0 saturated heterocycles. The van der Waals surface area contributed by atoms with E-state index >= 15 is 0 Å². The van der Waals surface area contributed by atoms with Crippen LogP contribution >= 0.6 is 11.6 Å². The van der Waals surface area contributed by atoms with E-state index in [9.17, 15) is 0 Å². The number of furan rings is 1. The van der Waals surface area contributed by atoms with Gasteiger partial charge in [0.1, 0.15) is 11.2 Å². The van der Waals surface area contributed by atoms with Gasteiger partial charge < -0.3 is 9.40 Å². The molecule has 0 atom stereocenters. The summed E-state index contributed by atoms with van der Waals surface area (Å²) < 4.78 is 79.4. The van der Waals surface area contributed by atoms with Crippen LogP contribution in [-0.4, -0.2) is 4.98 Å². The van der Waals surface area contributed by atoms with Gasteiger partial charge in [0, 0.05) is 26.7 Å². The highest BCUT2D eigenvalue weighted by Crippen LogP contribution is 2.38. The van der Waals surface area contributed by atoms with Crippen molar-refractivity contribution < 1.29 is 16.8 Å². The predicted octanol–water partition coefficient (Wildman–Crippen LogP) is 5.87. The van der Waals surface area contributed by atoms with Gasteiger partial charge in [-0.3, -0.25) is 0 Å². The fourth-order valence-corrected chi connectivity index (χ4v) is 2.68. The Labute approximate surface area is 137 Å². The highest BCUT2D eigenvalue weighted by Gasteiger charge is 2.14. The first kappa shape index (κ1) is 5.74. The Hall–Kier alpha value is -2.45. The molecule has 2 aromatic heterocycles. The van der Waals surface area contributed by atoms with Gasteiger partial charge in [-0.1, -0.05) is 29.7 Å². The van der Waals surface area contributed by atoms with Crippen molar-refractivity contribution in [3.05, 3.63) is 59.4 Å². The van der Waals surface area contributed by atoms with Crippen molar-refractivity contribution in [1.29, 1.82) is 0 Å². The summed E-state index contributed by atoms with van der Waals surface area (Å²) in [5.74, 6) is 0. The van der Waals surface area contributed by atoms with Crippen molar-refractivity contribution in [1.82, 2.24) is 4.98 Å². The van der Waals surface area contributed by atoms with E-state index < -0.39 is 24.2 Å². The minimum Gasteiger partial charge on any atom is -0.455 e. The minimum absolute atomic E-state index is 0.000877. The molecule has 3 aromatic carbocycles. The second-order valence-electron chi connectivity index (χ2n) is 4.57. The van der Waals surface area contributed by atoms with Gasteiger partial charge in [-0.05, 0) is 36.3 Å². The zero-order chi connectivity index (χ0) is 21.8. The molecule has 100 valence electrons. The van der Waals surface area contributed by atoms with Crippen LogP contribution < -0.4 is 0 Å². The second kappa shape index (κ2) is 3.80. The standard InChI is InChI=1S/C18H10ClNO/c19-10-5-7-14-13(9-10)17-15(20-14)8-6-12-11-3-1-2-4-16(11)21-18(12)17/h1-9,20H/i1D,2D,3D,4D,5D,6D,7D,8D,9D. The summed E-state index contributed by atoms with van der Waals surface area (Å²) in [5.41, 5.74) is 0.0258. The molecular formula is C18H10ClNO. The number of H-pyrrole nitrogens is 1. The van der Waals surface area contributed by atoms with Gasteiger partial charge in [0.05, 0.1) is 23.2 Å². The van der Waals surface area contributed by atoms with Crippen molar-refractivity contribution in [2.75, 3.05) is 0 Å². The molecule has 0 amide bonds. The molecule has 1 N–H and O–H groups in total. The number of nitrogens with one attached hydrogen (secondary N) is 1. The first-order chi connectivity index (χ1) is 14.1. The molecule has 0 radical (unpaired) electrons. The minimum atomic E-state index is -0.490. The number of hydrogen-bond donors (Lipinski definition) is 1. The van der Waals surface area contributed by atoms with Gasteiger partial charge in [-0.15, -0.1) is 0 Å². The monoisotopic (exact) mass is 300 g/mol. The topological polar surface area (TPSA) is 28.9 Å². The molecule has 0 aliphatic rings. The quantitative estimate of drug-likeness (QED) is 0.380. The largest absolute Gasteiger partial charge is 0.455 e. The number of aromatic amines is 1. The summed E-state index contributed by atoms with van der Waals surface area (Å²) in [5, 5.41) is 0.0562. The number of para-hydroxylation sites is 1. The lowest BCUT2D eigenvalue weighted by atomic mass is 10.1. The molecule has 3 heteroatoms. The molecule has 0 saturated carbocycles. The van der Waals surface area contributed by atoms with Crippen LogP contribution in [0.2, 0.25) is 5.02 Å². The Morgan fingerprint density at radius 1 is 0.905 bits per heavy atom. The second-order valence-corrected chi connectivity index (χ2v) is 4.95. The van der Waals surface area contributed by atoms with Crippen molar-refractivity contribution in [2.45, 2.75) is 0 Å². The van der Waals surface area contributed by atoms with E-state index in [1.807, 2.05) is 0 Å². The maximum atomic E-state index is 8.45. The zero-order valence-corrected chi connectivity index (χ0v) is 11.0. The number of halogens is 1. The van der Waals surface area contributed by atoms with Crippen LogP contribution in [0, 0.1) is 0 Å². The van der Waals surface area contributed by atoms with E-state index in [1.54, 1.807) is 0 Å². The van der Waals surface area contributed by atoms with Gasteiger partial charge in [0.25, 0.3) is 0 Å². The van der Waals surface area contributed by atoms with Crippen molar-refractivity contribution in [3.63, 3.8) is 0 Å². The number of aromatic nitrogens is 1. The summed E-state index contributed by atoms with van der Waals surface area (Å²) in [4.78, 5) is 2.83. The zero-order valence-electron chi connectivity index (χ0n) is 19.3. The van der Waals surface area contributed by atoms with Gasteiger partial charge >= 0.3 is 0 Å². The predicted molar refractivity (Wildman–Crippen MR) is 88.1 cm³/mol. The van der Waals surface area contributed by atoms with E-state index in [2.05, 4.69) is 4.98 Å². The van der Waals surface area contributed by atoms with Gasteiger partial charge in [0.2, 0.25) is 0 Å². The third kappa shape index (κ3) is 1.43. The van der Waals surface area contributed by atoms with Crippen molar-refractivity contribution in [2.24, 2.45) is 0 Å². The lowest BCUT2D eigenvalue weighted by molar-refractivity contribution is 0.673. The molecule has 5 rings (SSSR count). The Balaban J connectivity index is 2.20. The summed E-state index contributed by atoms with van der Waals surface area (Å²) in [7, 11) is 0. The fourth-order valence-electron chi connectivity index (χ4n) is 2.54. The molecule has 2 nitrogen and oxygen atoms in total. The molecular weight excluding hydrogens is 282 g/mol. The van der Waals surface area contributed by atoms with Crippen LogP contribution in [0.1, 0.15) is 12.3 Å². The lowest BCUT2D eigenvalue weighted by Gasteiger charge is -1.94.